The van der Waals surface area contributed by atoms with Crippen LogP contribution in [0.1, 0.15) is 26.7 Å². The summed E-state index contributed by atoms with van der Waals surface area (Å²) in [6, 6.07) is -0.990. The molecule has 1 aliphatic rings. The zero-order valence-electron chi connectivity index (χ0n) is 8.41. The largest absolute Gasteiger partial charge is 0.480 e. The Morgan fingerprint density at radius 3 is 2.64 bits per heavy atom. The number of urea groups is 1. The third-order valence-corrected chi connectivity index (χ3v) is 2.48. The molecule has 14 heavy (non-hydrogen) atoms. The zero-order chi connectivity index (χ0) is 10.7. The van der Waals surface area contributed by atoms with Crippen molar-refractivity contribution < 1.29 is 14.7 Å². The second kappa shape index (κ2) is 4.30. The first-order valence-corrected chi connectivity index (χ1v) is 4.84. The highest BCUT2D eigenvalue weighted by atomic mass is 16.4. The first-order chi connectivity index (χ1) is 6.54. The maximum atomic E-state index is 11.2. The normalized spacial score (nSPS) is 26.4. The molecule has 80 valence electrons. The van der Waals surface area contributed by atoms with E-state index >= 15 is 0 Å². The quantitative estimate of drug-likeness (QED) is 0.620. The van der Waals surface area contributed by atoms with Gasteiger partial charge in [0.15, 0.2) is 0 Å². The minimum absolute atomic E-state index is 0.237. The maximum absolute atomic E-state index is 11.2. The van der Waals surface area contributed by atoms with Crippen molar-refractivity contribution in [3.63, 3.8) is 0 Å². The van der Waals surface area contributed by atoms with Crippen molar-refractivity contribution >= 4 is 12.0 Å². The molecule has 0 radical (unpaired) electrons. The molecular formula is C9H16N2O3. The summed E-state index contributed by atoms with van der Waals surface area (Å²) < 4.78 is 0. The minimum atomic E-state index is -1.03. The molecule has 3 N–H and O–H groups in total. The number of nitrogens with one attached hydrogen (secondary N) is 2. The van der Waals surface area contributed by atoms with Crippen molar-refractivity contribution in [1.82, 2.24) is 10.6 Å². The van der Waals surface area contributed by atoms with Crippen LogP contribution in [0.4, 0.5) is 4.79 Å². The molecule has 1 aliphatic carbocycles. The Kier molecular flexibility index (Phi) is 3.33. The molecule has 5 nitrogen and oxygen atoms in total. The summed E-state index contributed by atoms with van der Waals surface area (Å²) >= 11 is 0. The van der Waals surface area contributed by atoms with Crippen LogP contribution in [0.2, 0.25) is 0 Å². The molecule has 0 aromatic heterocycles. The van der Waals surface area contributed by atoms with E-state index in [1.807, 2.05) is 0 Å². The van der Waals surface area contributed by atoms with Gasteiger partial charge in [0.25, 0.3) is 0 Å². The number of rotatable bonds is 4. The van der Waals surface area contributed by atoms with Crippen molar-refractivity contribution in [2.75, 3.05) is 0 Å². The molecular weight excluding hydrogens is 184 g/mol. The van der Waals surface area contributed by atoms with Gasteiger partial charge in [-0.3, -0.25) is 4.79 Å². The van der Waals surface area contributed by atoms with Crippen molar-refractivity contribution in [3.8, 4) is 0 Å². The van der Waals surface area contributed by atoms with Crippen molar-refractivity contribution in [3.05, 3.63) is 0 Å². The predicted octanol–water partition coefficient (Wildman–Crippen LogP) is 0.557. The van der Waals surface area contributed by atoms with E-state index in [0.717, 1.165) is 12.8 Å². The molecule has 1 rings (SSSR count). The highest BCUT2D eigenvalue weighted by Gasteiger charge is 2.36. The van der Waals surface area contributed by atoms with Gasteiger partial charge in [0.05, 0.1) is 0 Å². The van der Waals surface area contributed by atoms with E-state index in [2.05, 4.69) is 17.6 Å². The predicted molar refractivity (Wildman–Crippen MR) is 51.0 cm³/mol. The molecule has 0 aromatic carbocycles. The second-order valence-corrected chi connectivity index (χ2v) is 3.69. The number of carbonyl (C=O) groups excluding carboxylic acids is 1. The van der Waals surface area contributed by atoms with E-state index in [1.165, 1.54) is 6.92 Å². The maximum Gasteiger partial charge on any atom is 0.325 e. The summed E-state index contributed by atoms with van der Waals surface area (Å²) in [7, 11) is 0. The van der Waals surface area contributed by atoms with Crippen LogP contribution in [0, 0.1) is 5.92 Å². The van der Waals surface area contributed by atoms with Gasteiger partial charge < -0.3 is 15.7 Å². The smallest absolute Gasteiger partial charge is 0.325 e. The molecule has 0 saturated heterocycles. The molecule has 0 heterocycles. The summed E-state index contributed by atoms with van der Waals surface area (Å²) in [5.41, 5.74) is 0. The lowest BCUT2D eigenvalue weighted by atomic mass is 10.3. The number of carbonyl (C=O) groups is 2. The highest BCUT2D eigenvalue weighted by Crippen LogP contribution is 2.32. The van der Waals surface area contributed by atoms with E-state index in [9.17, 15) is 9.59 Å². The van der Waals surface area contributed by atoms with Gasteiger partial charge in [0.1, 0.15) is 6.04 Å². The van der Waals surface area contributed by atoms with Gasteiger partial charge in [-0.25, -0.2) is 4.79 Å². The van der Waals surface area contributed by atoms with Gasteiger partial charge in [-0.2, -0.15) is 0 Å². The summed E-state index contributed by atoms with van der Waals surface area (Å²) in [5, 5.41) is 13.6. The first kappa shape index (κ1) is 10.8. The monoisotopic (exact) mass is 200 g/mol. The lowest BCUT2D eigenvalue weighted by molar-refractivity contribution is -0.138. The highest BCUT2D eigenvalue weighted by molar-refractivity contribution is 5.82. The molecule has 1 saturated carbocycles. The molecule has 1 fully saturated rings. The summed E-state index contributed by atoms with van der Waals surface area (Å²) in [5.74, 6) is -0.455. The van der Waals surface area contributed by atoms with Gasteiger partial charge in [0.2, 0.25) is 0 Å². The Labute approximate surface area is 82.9 Å². The van der Waals surface area contributed by atoms with Gasteiger partial charge in [-0.15, -0.1) is 0 Å². The number of carboxylic acid groups (broad SMARTS) is 1. The molecule has 0 aliphatic heterocycles. The van der Waals surface area contributed by atoms with Crippen LogP contribution in [-0.2, 0) is 4.79 Å². The third-order valence-electron chi connectivity index (χ3n) is 2.48. The fourth-order valence-electron chi connectivity index (χ4n) is 1.34. The molecule has 5 heteroatoms. The summed E-state index contributed by atoms with van der Waals surface area (Å²) in [4.78, 5) is 21.6. The average Bonchev–Trinajstić information content (AvgIpc) is 2.82. The molecule has 3 atom stereocenters. The Morgan fingerprint density at radius 2 is 2.21 bits per heavy atom. The molecule has 3 unspecified atom stereocenters. The Hall–Kier alpha value is -1.26. The lowest BCUT2D eigenvalue weighted by Gasteiger charge is -2.10. The van der Waals surface area contributed by atoms with Crippen LogP contribution in [0.15, 0.2) is 0 Å². The average molecular weight is 200 g/mol. The van der Waals surface area contributed by atoms with E-state index in [0.29, 0.717) is 5.92 Å². The molecule has 0 bridgehead atoms. The van der Waals surface area contributed by atoms with Crippen LogP contribution in [-0.4, -0.2) is 29.2 Å². The third kappa shape index (κ3) is 2.90. The van der Waals surface area contributed by atoms with E-state index in [4.69, 9.17) is 5.11 Å². The van der Waals surface area contributed by atoms with E-state index < -0.39 is 12.0 Å². The molecule has 0 aromatic rings. The Balaban J connectivity index is 2.20. The standard InChI is InChI=1S/C9H16N2O3/c1-3-6-4-7(6)11-9(14)10-5(2)8(12)13/h5-7H,3-4H2,1-2H3,(H,12,13)(H2,10,11,14). The summed E-state index contributed by atoms with van der Waals surface area (Å²) in [6.45, 7) is 3.51. The zero-order valence-corrected chi connectivity index (χ0v) is 8.41. The van der Waals surface area contributed by atoms with Crippen LogP contribution in [0.5, 0.6) is 0 Å². The Morgan fingerprint density at radius 1 is 1.57 bits per heavy atom. The number of hydrogen-bond acceptors (Lipinski definition) is 2. The molecule has 0 spiro atoms. The number of aliphatic carboxylic acids is 1. The fraction of sp³-hybridized carbons (Fsp3) is 0.778. The van der Waals surface area contributed by atoms with Crippen molar-refractivity contribution in [2.24, 2.45) is 5.92 Å². The van der Waals surface area contributed by atoms with Crippen LogP contribution >= 0.6 is 0 Å². The lowest BCUT2D eigenvalue weighted by Crippen LogP contribution is -2.45. The second-order valence-electron chi connectivity index (χ2n) is 3.69. The van der Waals surface area contributed by atoms with Crippen molar-refractivity contribution in [2.45, 2.75) is 38.8 Å². The first-order valence-electron chi connectivity index (χ1n) is 4.84. The summed E-state index contributed by atoms with van der Waals surface area (Å²) in [6.07, 6.45) is 2.06. The molecule has 2 amide bonds. The van der Waals surface area contributed by atoms with Crippen LogP contribution in [0.25, 0.3) is 0 Å². The van der Waals surface area contributed by atoms with E-state index in [1.54, 1.807) is 0 Å². The topological polar surface area (TPSA) is 78.4 Å². The van der Waals surface area contributed by atoms with Crippen LogP contribution in [0.3, 0.4) is 0 Å². The van der Waals surface area contributed by atoms with Gasteiger partial charge in [-0.1, -0.05) is 13.3 Å². The van der Waals surface area contributed by atoms with Crippen LogP contribution < -0.4 is 10.6 Å². The van der Waals surface area contributed by atoms with E-state index in [-0.39, 0.29) is 12.1 Å². The minimum Gasteiger partial charge on any atom is -0.480 e. The van der Waals surface area contributed by atoms with Crippen molar-refractivity contribution in [1.29, 1.82) is 0 Å². The number of hydrogen-bond donors (Lipinski definition) is 3. The van der Waals surface area contributed by atoms with Gasteiger partial charge >= 0.3 is 12.0 Å². The Bertz CT molecular complexity index is 242. The number of carboxylic acids is 1. The fourth-order valence-corrected chi connectivity index (χ4v) is 1.34. The van der Waals surface area contributed by atoms with Gasteiger partial charge in [-0.05, 0) is 19.3 Å². The van der Waals surface area contributed by atoms with Gasteiger partial charge in [0, 0.05) is 6.04 Å². The SMILES string of the molecule is CCC1CC1NC(=O)NC(C)C(=O)O. The number of amides is 2.